The van der Waals surface area contributed by atoms with Crippen LogP contribution in [0.5, 0.6) is 0 Å². The zero-order valence-electron chi connectivity index (χ0n) is 34.5. The second kappa shape index (κ2) is 12.7. The maximum atomic E-state index is 2.57. The van der Waals surface area contributed by atoms with E-state index in [1.54, 1.807) is 11.1 Å². The predicted octanol–water partition coefficient (Wildman–Crippen LogP) is 15.7. The lowest BCUT2D eigenvalue weighted by molar-refractivity contribution is -0.0399. The highest BCUT2D eigenvalue weighted by Gasteiger charge is 2.61. The molecule has 290 valence electrons. The van der Waals surface area contributed by atoms with E-state index in [9.17, 15) is 0 Å². The summed E-state index contributed by atoms with van der Waals surface area (Å²) in [6, 6.07) is 66.9. The van der Waals surface area contributed by atoms with Crippen LogP contribution in [0.1, 0.15) is 68.2 Å². The van der Waals surface area contributed by atoms with Gasteiger partial charge in [0.2, 0.25) is 0 Å². The molecule has 0 aromatic heterocycles. The summed E-state index contributed by atoms with van der Waals surface area (Å²) >= 11 is 0. The van der Waals surface area contributed by atoms with Gasteiger partial charge >= 0.3 is 0 Å². The molecule has 4 fully saturated rings. The number of rotatable bonds is 5. The SMILES string of the molecule is CC1(C)c2ccccc2-c2cccc(N(c3ccc(-c4ccccc4)cc3)c3ccc(-c4ccc5c(c4)-c4ccccc4C54C5CC6CC(C5)CC4C6)c4ccccc34)c21. The molecule has 1 heteroatoms. The lowest BCUT2D eigenvalue weighted by Crippen LogP contribution is -2.55. The van der Waals surface area contributed by atoms with Gasteiger partial charge in [-0.15, -0.1) is 0 Å². The third-order valence-corrected chi connectivity index (χ3v) is 16.0. The Kier molecular flexibility index (Phi) is 7.32. The van der Waals surface area contributed by atoms with Crippen LogP contribution in [0, 0.1) is 23.7 Å². The van der Waals surface area contributed by atoms with Crippen molar-refractivity contribution in [3.8, 4) is 44.5 Å². The average Bonchev–Trinajstić information content (AvgIpc) is 3.71. The molecule has 4 bridgehead atoms. The Hall–Kier alpha value is -6.18. The first-order valence-corrected chi connectivity index (χ1v) is 22.4. The monoisotopic (exact) mass is 771 g/mol. The lowest BCUT2D eigenvalue weighted by Gasteiger charge is -2.61. The fourth-order valence-corrected chi connectivity index (χ4v) is 13.9. The highest BCUT2D eigenvalue weighted by Crippen LogP contribution is 2.69. The van der Waals surface area contributed by atoms with E-state index in [0.29, 0.717) is 0 Å². The molecular formula is C59H49N. The Labute approximate surface area is 354 Å². The molecule has 14 rings (SSSR count). The van der Waals surface area contributed by atoms with Gasteiger partial charge in [-0.2, -0.15) is 0 Å². The lowest BCUT2D eigenvalue weighted by atomic mass is 9.43. The van der Waals surface area contributed by atoms with Crippen LogP contribution in [-0.2, 0) is 10.8 Å². The van der Waals surface area contributed by atoms with Gasteiger partial charge in [-0.05, 0) is 158 Å². The van der Waals surface area contributed by atoms with Crippen molar-refractivity contribution in [3.63, 3.8) is 0 Å². The molecule has 0 amide bonds. The Bertz CT molecular complexity index is 2990. The summed E-state index contributed by atoms with van der Waals surface area (Å²) in [5.41, 5.74) is 20.3. The summed E-state index contributed by atoms with van der Waals surface area (Å²) in [5, 5.41) is 2.54. The first-order chi connectivity index (χ1) is 29.5. The number of benzene rings is 8. The van der Waals surface area contributed by atoms with Gasteiger partial charge in [-0.25, -0.2) is 0 Å². The van der Waals surface area contributed by atoms with Crippen LogP contribution in [0.3, 0.4) is 0 Å². The van der Waals surface area contributed by atoms with Crippen LogP contribution in [0.2, 0.25) is 0 Å². The molecule has 0 saturated heterocycles. The van der Waals surface area contributed by atoms with E-state index in [1.165, 1.54) is 110 Å². The van der Waals surface area contributed by atoms with E-state index < -0.39 is 0 Å². The highest BCUT2D eigenvalue weighted by atomic mass is 15.1. The van der Waals surface area contributed by atoms with Crippen molar-refractivity contribution < 1.29 is 0 Å². The van der Waals surface area contributed by atoms with Gasteiger partial charge in [0.25, 0.3) is 0 Å². The number of anilines is 3. The van der Waals surface area contributed by atoms with E-state index in [0.717, 1.165) is 29.4 Å². The highest BCUT2D eigenvalue weighted by molar-refractivity contribution is 6.07. The molecule has 1 spiro atoms. The summed E-state index contributed by atoms with van der Waals surface area (Å²) in [4.78, 5) is 2.54. The molecule has 6 aliphatic rings. The van der Waals surface area contributed by atoms with Gasteiger partial charge in [-0.3, -0.25) is 0 Å². The second-order valence-corrected chi connectivity index (χ2v) is 19.3. The van der Waals surface area contributed by atoms with E-state index >= 15 is 0 Å². The van der Waals surface area contributed by atoms with Crippen molar-refractivity contribution in [1.29, 1.82) is 0 Å². The van der Waals surface area contributed by atoms with Crippen molar-refractivity contribution in [3.05, 3.63) is 198 Å². The van der Waals surface area contributed by atoms with Gasteiger partial charge in [0.05, 0.1) is 11.4 Å². The van der Waals surface area contributed by atoms with Crippen LogP contribution in [0.25, 0.3) is 55.3 Å². The Balaban J connectivity index is 0.989. The molecule has 0 heterocycles. The second-order valence-electron chi connectivity index (χ2n) is 19.3. The first kappa shape index (κ1) is 34.7. The molecule has 0 aliphatic heterocycles. The van der Waals surface area contributed by atoms with Crippen molar-refractivity contribution in [2.24, 2.45) is 23.7 Å². The van der Waals surface area contributed by atoms with Crippen LogP contribution < -0.4 is 4.90 Å². The maximum Gasteiger partial charge on any atom is 0.0540 e. The predicted molar refractivity (Wildman–Crippen MR) is 250 cm³/mol. The van der Waals surface area contributed by atoms with Crippen LogP contribution >= 0.6 is 0 Å². The van der Waals surface area contributed by atoms with E-state index in [2.05, 4.69) is 195 Å². The van der Waals surface area contributed by atoms with E-state index in [1.807, 2.05) is 0 Å². The number of hydrogen-bond acceptors (Lipinski definition) is 1. The normalized spacial score (nSPS) is 23.4. The minimum atomic E-state index is -0.171. The molecule has 60 heavy (non-hydrogen) atoms. The molecule has 0 unspecified atom stereocenters. The summed E-state index contributed by atoms with van der Waals surface area (Å²) < 4.78 is 0. The van der Waals surface area contributed by atoms with Crippen molar-refractivity contribution in [1.82, 2.24) is 0 Å². The Morgan fingerprint density at radius 2 is 0.983 bits per heavy atom. The zero-order valence-corrected chi connectivity index (χ0v) is 34.5. The molecule has 8 aromatic carbocycles. The topological polar surface area (TPSA) is 3.24 Å². The van der Waals surface area contributed by atoms with E-state index in [4.69, 9.17) is 0 Å². The average molecular weight is 772 g/mol. The van der Waals surface area contributed by atoms with Crippen molar-refractivity contribution in [2.75, 3.05) is 4.90 Å². The molecule has 0 N–H and O–H groups in total. The molecule has 0 radical (unpaired) electrons. The Morgan fingerprint density at radius 3 is 1.73 bits per heavy atom. The third-order valence-electron chi connectivity index (χ3n) is 16.0. The largest absolute Gasteiger partial charge is 0.310 e. The fraction of sp³-hybridized carbons (Fsp3) is 0.220. The molecule has 8 aromatic rings. The van der Waals surface area contributed by atoms with Gasteiger partial charge in [-0.1, -0.05) is 159 Å². The van der Waals surface area contributed by atoms with Crippen molar-refractivity contribution in [2.45, 2.75) is 56.8 Å². The molecule has 4 saturated carbocycles. The minimum absolute atomic E-state index is 0.171. The van der Waals surface area contributed by atoms with Crippen LogP contribution in [0.4, 0.5) is 17.1 Å². The molecular weight excluding hydrogens is 723 g/mol. The van der Waals surface area contributed by atoms with Gasteiger partial charge < -0.3 is 4.90 Å². The fourth-order valence-electron chi connectivity index (χ4n) is 13.9. The summed E-state index contributed by atoms with van der Waals surface area (Å²) in [6.45, 7) is 4.80. The number of hydrogen-bond donors (Lipinski definition) is 0. The molecule has 1 nitrogen and oxygen atoms in total. The summed E-state index contributed by atoms with van der Waals surface area (Å²) in [7, 11) is 0. The molecule has 0 atom stereocenters. The standard InChI is InChI=1S/C59H49N/c1-58(2)52-20-10-8-16-47(52)50-19-12-22-56(57(50)58)60(44-26-23-40(24-27-44)39-13-4-3-5-14-39)55-30-28-45(46-15-6-7-18-49(46)55)41-25-29-54-51(36-41)48-17-9-11-21-53(48)59(54)42-32-37-31-38(34-42)35-43(59)33-37/h3-30,36-38,42-43H,31-35H2,1-2H3. The van der Waals surface area contributed by atoms with Gasteiger partial charge in [0.15, 0.2) is 0 Å². The first-order valence-electron chi connectivity index (χ1n) is 22.4. The summed E-state index contributed by atoms with van der Waals surface area (Å²) in [5.74, 6) is 3.43. The smallest absolute Gasteiger partial charge is 0.0540 e. The van der Waals surface area contributed by atoms with Crippen molar-refractivity contribution >= 4 is 27.8 Å². The van der Waals surface area contributed by atoms with E-state index in [-0.39, 0.29) is 10.8 Å². The zero-order chi connectivity index (χ0) is 39.7. The van der Waals surface area contributed by atoms with Gasteiger partial charge in [0.1, 0.15) is 0 Å². The minimum Gasteiger partial charge on any atom is -0.310 e. The van der Waals surface area contributed by atoms with Crippen LogP contribution in [-0.4, -0.2) is 0 Å². The number of fused-ring (bicyclic) bond motifs is 7. The maximum absolute atomic E-state index is 2.57. The quantitative estimate of drug-likeness (QED) is 0.168. The number of nitrogens with zero attached hydrogens (tertiary/aromatic N) is 1. The summed E-state index contributed by atoms with van der Waals surface area (Å²) in [6.07, 6.45) is 7.12. The van der Waals surface area contributed by atoms with Gasteiger partial charge in [0, 0.05) is 21.9 Å². The van der Waals surface area contributed by atoms with Crippen LogP contribution in [0.15, 0.2) is 176 Å². The molecule has 6 aliphatic carbocycles. The Morgan fingerprint density at radius 1 is 0.400 bits per heavy atom. The third kappa shape index (κ3) is 4.70.